The zero-order chi connectivity index (χ0) is 34.4. The second kappa shape index (κ2) is 10.5. The molecule has 5 aliphatic rings. The van der Waals surface area contributed by atoms with Crippen LogP contribution in [0.4, 0.5) is 0 Å². The van der Waals surface area contributed by atoms with E-state index in [1.165, 1.54) is 113 Å². The van der Waals surface area contributed by atoms with E-state index >= 15 is 0 Å². The zero-order valence-corrected chi connectivity index (χ0v) is 30.4. The Labute approximate surface area is 313 Å². The molecule has 0 saturated heterocycles. The SMILES string of the molecule is c1ccc2c(c1)-c1c(-c3ccc(-c4cc5ccccc5c5ccccc45)c4ccccc34)cc3c(sc4ccccc43)c1C21C2CC3CC(C2)CC1C3. The lowest BCUT2D eigenvalue weighted by Gasteiger charge is -2.61. The molecule has 1 aromatic heterocycles. The van der Waals surface area contributed by atoms with Crippen LogP contribution < -0.4 is 0 Å². The molecule has 252 valence electrons. The summed E-state index contributed by atoms with van der Waals surface area (Å²) >= 11 is 2.07. The number of hydrogen-bond acceptors (Lipinski definition) is 1. The van der Waals surface area contributed by atoms with Gasteiger partial charge < -0.3 is 0 Å². The van der Waals surface area contributed by atoms with E-state index in [-0.39, 0.29) is 5.41 Å². The maximum Gasteiger partial charge on any atom is 0.0403 e. The molecule has 0 nitrogen and oxygen atoms in total. The first kappa shape index (κ1) is 29.2. The van der Waals surface area contributed by atoms with Crippen molar-refractivity contribution >= 4 is 63.8 Å². The summed E-state index contributed by atoms with van der Waals surface area (Å²) in [6.45, 7) is 0. The summed E-state index contributed by atoms with van der Waals surface area (Å²) in [6, 6.07) is 55.9. The third-order valence-electron chi connectivity index (χ3n) is 14.4. The molecule has 0 radical (unpaired) electrons. The highest BCUT2D eigenvalue weighted by molar-refractivity contribution is 7.26. The van der Waals surface area contributed by atoms with E-state index in [4.69, 9.17) is 0 Å². The van der Waals surface area contributed by atoms with Crippen molar-refractivity contribution < 1.29 is 0 Å². The molecule has 8 aromatic carbocycles. The number of rotatable bonds is 2. The number of thiophene rings is 1. The van der Waals surface area contributed by atoms with E-state index in [0.717, 1.165) is 23.7 Å². The average molecular weight is 695 g/mol. The van der Waals surface area contributed by atoms with Crippen LogP contribution in [0.3, 0.4) is 0 Å². The number of benzene rings is 8. The van der Waals surface area contributed by atoms with Crippen LogP contribution in [0.5, 0.6) is 0 Å². The van der Waals surface area contributed by atoms with Crippen LogP contribution in [0.15, 0.2) is 146 Å². The van der Waals surface area contributed by atoms with Crippen molar-refractivity contribution in [1.82, 2.24) is 0 Å². The predicted octanol–water partition coefficient (Wildman–Crippen LogP) is 14.6. The van der Waals surface area contributed by atoms with E-state index in [2.05, 4.69) is 157 Å². The minimum Gasteiger partial charge on any atom is -0.135 e. The van der Waals surface area contributed by atoms with Crippen LogP contribution in [-0.4, -0.2) is 0 Å². The van der Waals surface area contributed by atoms with E-state index in [1.54, 1.807) is 15.8 Å². The van der Waals surface area contributed by atoms with Crippen LogP contribution in [-0.2, 0) is 5.41 Å². The first-order valence-electron chi connectivity index (χ1n) is 19.8. The second-order valence-corrected chi connectivity index (χ2v) is 17.8. The minimum absolute atomic E-state index is 0.105. The van der Waals surface area contributed by atoms with Crippen LogP contribution in [0.25, 0.3) is 85.9 Å². The van der Waals surface area contributed by atoms with Gasteiger partial charge in [0.2, 0.25) is 0 Å². The van der Waals surface area contributed by atoms with E-state index in [0.29, 0.717) is 0 Å². The minimum atomic E-state index is 0.105. The van der Waals surface area contributed by atoms with Gasteiger partial charge in [-0.3, -0.25) is 0 Å². The Morgan fingerprint density at radius 1 is 0.415 bits per heavy atom. The molecular formula is C52H38S. The molecule has 0 N–H and O–H groups in total. The molecule has 0 atom stereocenters. The molecule has 1 spiro atoms. The molecule has 14 rings (SSSR count). The van der Waals surface area contributed by atoms with Gasteiger partial charge in [0.05, 0.1) is 0 Å². The van der Waals surface area contributed by atoms with Gasteiger partial charge in [-0.1, -0.05) is 127 Å². The molecule has 1 heterocycles. The fraction of sp³-hybridized carbons (Fsp3) is 0.192. The maximum atomic E-state index is 2.60. The van der Waals surface area contributed by atoms with Crippen molar-refractivity contribution in [2.75, 3.05) is 0 Å². The Morgan fingerprint density at radius 3 is 1.72 bits per heavy atom. The zero-order valence-electron chi connectivity index (χ0n) is 29.6. The van der Waals surface area contributed by atoms with Crippen LogP contribution in [0.1, 0.15) is 43.2 Å². The van der Waals surface area contributed by atoms with E-state index in [9.17, 15) is 0 Å². The Morgan fingerprint density at radius 2 is 0.981 bits per heavy atom. The number of fused-ring (bicyclic) bond motifs is 11. The van der Waals surface area contributed by atoms with Gasteiger partial charge in [0, 0.05) is 25.6 Å². The van der Waals surface area contributed by atoms with Gasteiger partial charge in [0.15, 0.2) is 0 Å². The molecule has 9 aromatic rings. The van der Waals surface area contributed by atoms with E-state index < -0.39 is 0 Å². The Hall–Kier alpha value is -5.24. The summed E-state index contributed by atoms with van der Waals surface area (Å²) in [6.07, 6.45) is 7.06. The average Bonchev–Trinajstić information content (AvgIpc) is 3.73. The third-order valence-corrected chi connectivity index (χ3v) is 15.6. The van der Waals surface area contributed by atoms with Crippen molar-refractivity contribution in [2.24, 2.45) is 23.7 Å². The highest BCUT2D eigenvalue weighted by atomic mass is 32.1. The Bertz CT molecular complexity index is 3000. The van der Waals surface area contributed by atoms with Crippen LogP contribution in [0, 0.1) is 23.7 Å². The van der Waals surface area contributed by atoms with Crippen molar-refractivity contribution in [3.05, 3.63) is 157 Å². The first-order valence-corrected chi connectivity index (χ1v) is 20.6. The van der Waals surface area contributed by atoms with Gasteiger partial charge in [0.25, 0.3) is 0 Å². The van der Waals surface area contributed by atoms with Crippen LogP contribution in [0.2, 0.25) is 0 Å². The molecule has 4 fully saturated rings. The van der Waals surface area contributed by atoms with Gasteiger partial charge in [-0.2, -0.15) is 0 Å². The van der Waals surface area contributed by atoms with Gasteiger partial charge in [-0.25, -0.2) is 0 Å². The summed E-state index contributed by atoms with van der Waals surface area (Å²) in [4.78, 5) is 0. The Balaban J connectivity index is 1.15. The molecule has 4 bridgehead atoms. The molecule has 0 amide bonds. The monoisotopic (exact) mass is 694 g/mol. The lowest BCUT2D eigenvalue weighted by molar-refractivity contribution is -0.0393. The topological polar surface area (TPSA) is 0 Å². The van der Waals surface area contributed by atoms with Crippen molar-refractivity contribution in [1.29, 1.82) is 0 Å². The normalized spacial score (nSPS) is 23.9. The van der Waals surface area contributed by atoms with Crippen molar-refractivity contribution in [2.45, 2.75) is 37.5 Å². The van der Waals surface area contributed by atoms with Gasteiger partial charge >= 0.3 is 0 Å². The smallest absolute Gasteiger partial charge is 0.0403 e. The van der Waals surface area contributed by atoms with Gasteiger partial charge in [-0.15, -0.1) is 11.3 Å². The summed E-state index contributed by atoms with van der Waals surface area (Å²) in [5.41, 5.74) is 11.9. The molecule has 0 aliphatic heterocycles. The lowest BCUT2D eigenvalue weighted by atomic mass is 9.43. The fourth-order valence-corrected chi connectivity index (χ4v) is 14.1. The molecule has 5 aliphatic carbocycles. The van der Waals surface area contributed by atoms with Crippen molar-refractivity contribution in [3.63, 3.8) is 0 Å². The summed E-state index contributed by atoms with van der Waals surface area (Å²) in [5, 5.41) is 10.8. The lowest BCUT2D eigenvalue weighted by Crippen LogP contribution is -2.55. The fourth-order valence-electron chi connectivity index (χ4n) is 12.8. The quantitative estimate of drug-likeness (QED) is 0.158. The molecule has 1 heteroatoms. The highest BCUT2D eigenvalue weighted by Crippen LogP contribution is 2.71. The molecular weight excluding hydrogens is 657 g/mol. The van der Waals surface area contributed by atoms with Crippen molar-refractivity contribution in [3.8, 4) is 33.4 Å². The summed E-state index contributed by atoms with van der Waals surface area (Å²) < 4.78 is 2.97. The molecule has 53 heavy (non-hydrogen) atoms. The highest BCUT2D eigenvalue weighted by Gasteiger charge is 2.62. The number of hydrogen-bond donors (Lipinski definition) is 0. The Kier molecular flexibility index (Phi) is 5.77. The molecule has 0 unspecified atom stereocenters. The maximum absolute atomic E-state index is 2.60. The van der Waals surface area contributed by atoms with E-state index in [1.807, 2.05) is 0 Å². The first-order chi connectivity index (χ1) is 26.3. The summed E-state index contributed by atoms with van der Waals surface area (Å²) in [5.74, 6) is 3.29. The third kappa shape index (κ3) is 3.72. The van der Waals surface area contributed by atoms with Gasteiger partial charge in [-0.05, 0) is 151 Å². The second-order valence-electron chi connectivity index (χ2n) is 16.8. The standard InChI is InChI=1S/C52H38S/c1-2-12-35-32(11-1)28-44(39-16-6-3-13-36(35)39)40-21-22-41(38-15-5-4-14-37(38)40)45-29-46-42-17-8-10-20-48(42)53-51(46)50-49(45)43-18-7-9-19-47(43)52(50)33-24-30-23-31(26-33)27-34(52)25-30/h1-22,28-31,33-34H,23-27H2. The summed E-state index contributed by atoms with van der Waals surface area (Å²) in [7, 11) is 0. The predicted molar refractivity (Wildman–Crippen MR) is 226 cm³/mol. The van der Waals surface area contributed by atoms with Gasteiger partial charge in [0.1, 0.15) is 0 Å². The largest absolute Gasteiger partial charge is 0.135 e. The molecule has 4 saturated carbocycles. The van der Waals surface area contributed by atoms with Crippen LogP contribution >= 0.6 is 11.3 Å².